The van der Waals surface area contributed by atoms with Crippen molar-refractivity contribution < 1.29 is 9.84 Å². The Morgan fingerprint density at radius 2 is 1.70 bits per heavy atom. The average Bonchev–Trinajstić information content (AvgIpc) is 2.33. The molecule has 0 amide bonds. The van der Waals surface area contributed by atoms with Crippen LogP contribution in [0.15, 0.2) is 24.3 Å². The van der Waals surface area contributed by atoms with Crippen molar-refractivity contribution in [1.29, 1.82) is 0 Å². The van der Waals surface area contributed by atoms with E-state index in [1.165, 1.54) is 5.56 Å². The maximum Gasteiger partial charge on any atom is 0.102 e. The van der Waals surface area contributed by atoms with Gasteiger partial charge in [0.15, 0.2) is 0 Å². The van der Waals surface area contributed by atoms with Gasteiger partial charge in [-0.1, -0.05) is 58.9 Å². The summed E-state index contributed by atoms with van der Waals surface area (Å²) >= 11 is 0. The normalized spacial score (nSPS) is 13.8. The van der Waals surface area contributed by atoms with E-state index in [4.69, 9.17) is 4.74 Å². The molecule has 1 aromatic carbocycles. The van der Waals surface area contributed by atoms with Crippen LogP contribution < -0.4 is 0 Å². The van der Waals surface area contributed by atoms with E-state index < -0.39 is 6.10 Å². The SMILES string of the molecule is CC(C)Cc1ccc(C(O)COCCC(C)(C)C)cc1. The summed E-state index contributed by atoms with van der Waals surface area (Å²) in [6.45, 7) is 12.1. The Kier molecular flexibility index (Phi) is 6.70. The quantitative estimate of drug-likeness (QED) is 0.750. The first kappa shape index (κ1) is 17.2. The molecule has 0 spiro atoms. The molecule has 20 heavy (non-hydrogen) atoms. The molecule has 1 unspecified atom stereocenters. The molecule has 0 saturated carbocycles. The number of aliphatic hydroxyl groups is 1. The first-order valence-corrected chi connectivity index (χ1v) is 7.62. The minimum Gasteiger partial charge on any atom is -0.386 e. The molecule has 0 aliphatic carbocycles. The van der Waals surface area contributed by atoms with Gasteiger partial charge in [0.05, 0.1) is 6.61 Å². The fourth-order valence-corrected chi connectivity index (χ4v) is 2.02. The van der Waals surface area contributed by atoms with Gasteiger partial charge in [-0.25, -0.2) is 0 Å². The summed E-state index contributed by atoms with van der Waals surface area (Å²) in [5.74, 6) is 0.659. The standard InChI is InChI=1S/C18H30O2/c1-14(2)12-15-6-8-16(9-7-15)17(19)13-20-11-10-18(3,4)5/h6-9,14,17,19H,10-13H2,1-5H3. The van der Waals surface area contributed by atoms with E-state index in [9.17, 15) is 5.11 Å². The third-order valence-electron chi connectivity index (χ3n) is 3.28. The molecule has 0 aliphatic rings. The molecule has 0 radical (unpaired) electrons. The first-order valence-electron chi connectivity index (χ1n) is 7.62. The van der Waals surface area contributed by atoms with Crippen molar-refractivity contribution in [1.82, 2.24) is 0 Å². The van der Waals surface area contributed by atoms with Crippen molar-refractivity contribution in [2.45, 2.75) is 53.6 Å². The predicted molar refractivity (Wildman–Crippen MR) is 84.8 cm³/mol. The smallest absolute Gasteiger partial charge is 0.102 e. The molecule has 114 valence electrons. The molecule has 0 saturated heterocycles. The Bertz CT molecular complexity index is 373. The second-order valence-corrected chi connectivity index (χ2v) is 7.24. The van der Waals surface area contributed by atoms with Gasteiger partial charge < -0.3 is 9.84 Å². The zero-order valence-electron chi connectivity index (χ0n) is 13.6. The lowest BCUT2D eigenvalue weighted by molar-refractivity contribution is 0.0263. The lowest BCUT2D eigenvalue weighted by Crippen LogP contribution is -2.13. The maximum atomic E-state index is 10.1. The number of benzene rings is 1. The van der Waals surface area contributed by atoms with Gasteiger partial charge in [0, 0.05) is 6.61 Å². The summed E-state index contributed by atoms with van der Waals surface area (Å²) < 4.78 is 5.57. The monoisotopic (exact) mass is 278 g/mol. The highest BCUT2D eigenvalue weighted by atomic mass is 16.5. The fourth-order valence-electron chi connectivity index (χ4n) is 2.02. The van der Waals surface area contributed by atoms with Crippen LogP contribution in [0.5, 0.6) is 0 Å². The molecule has 0 aromatic heterocycles. The van der Waals surface area contributed by atoms with E-state index in [1.807, 2.05) is 12.1 Å². The molecule has 0 bridgehead atoms. The number of aliphatic hydroxyl groups excluding tert-OH is 1. The number of ether oxygens (including phenoxy) is 1. The summed E-state index contributed by atoms with van der Waals surface area (Å²) in [4.78, 5) is 0. The van der Waals surface area contributed by atoms with Gasteiger partial charge in [-0.3, -0.25) is 0 Å². The molecular weight excluding hydrogens is 248 g/mol. The van der Waals surface area contributed by atoms with Crippen molar-refractivity contribution >= 4 is 0 Å². The van der Waals surface area contributed by atoms with E-state index in [1.54, 1.807) is 0 Å². The fraction of sp³-hybridized carbons (Fsp3) is 0.667. The third kappa shape index (κ3) is 7.06. The Balaban J connectivity index is 2.38. The van der Waals surface area contributed by atoms with Gasteiger partial charge in [0.25, 0.3) is 0 Å². The van der Waals surface area contributed by atoms with E-state index in [2.05, 4.69) is 46.8 Å². The van der Waals surface area contributed by atoms with Crippen LogP contribution in [0.3, 0.4) is 0 Å². The Morgan fingerprint density at radius 1 is 1.10 bits per heavy atom. The topological polar surface area (TPSA) is 29.5 Å². The van der Waals surface area contributed by atoms with Crippen LogP contribution in [0.2, 0.25) is 0 Å². The minimum absolute atomic E-state index is 0.281. The summed E-state index contributed by atoms with van der Waals surface area (Å²) in [6.07, 6.45) is 1.56. The minimum atomic E-state index is -0.525. The lowest BCUT2D eigenvalue weighted by atomic mass is 9.93. The van der Waals surface area contributed by atoms with E-state index in [0.717, 1.165) is 18.4 Å². The van der Waals surface area contributed by atoms with Crippen molar-refractivity contribution in [2.24, 2.45) is 11.3 Å². The lowest BCUT2D eigenvalue weighted by Gasteiger charge is -2.19. The van der Waals surface area contributed by atoms with Crippen LogP contribution in [0.4, 0.5) is 0 Å². The largest absolute Gasteiger partial charge is 0.386 e. The zero-order valence-corrected chi connectivity index (χ0v) is 13.6. The van der Waals surface area contributed by atoms with Crippen molar-refractivity contribution in [3.8, 4) is 0 Å². The zero-order chi connectivity index (χ0) is 15.2. The van der Waals surface area contributed by atoms with Crippen molar-refractivity contribution in [3.05, 3.63) is 35.4 Å². The van der Waals surface area contributed by atoms with Gasteiger partial charge in [0.2, 0.25) is 0 Å². The van der Waals surface area contributed by atoms with Crippen LogP contribution in [0.1, 0.15) is 58.3 Å². The molecule has 2 nitrogen and oxygen atoms in total. The van der Waals surface area contributed by atoms with Crippen LogP contribution >= 0.6 is 0 Å². The highest BCUT2D eigenvalue weighted by Gasteiger charge is 2.11. The summed E-state index contributed by atoms with van der Waals surface area (Å²) in [6, 6.07) is 8.23. The van der Waals surface area contributed by atoms with Crippen molar-refractivity contribution in [3.63, 3.8) is 0 Å². The molecule has 0 heterocycles. The highest BCUT2D eigenvalue weighted by Crippen LogP contribution is 2.19. The molecular formula is C18H30O2. The van der Waals surface area contributed by atoms with Gasteiger partial charge in [0.1, 0.15) is 6.10 Å². The number of rotatable bonds is 7. The number of hydrogen-bond donors (Lipinski definition) is 1. The van der Waals surface area contributed by atoms with Gasteiger partial charge in [-0.05, 0) is 35.3 Å². The molecule has 1 aromatic rings. The molecule has 0 fully saturated rings. The van der Waals surface area contributed by atoms with Gasteiger partial charge in [-0.2, -0.15) is 0 Å². The third-order valence-corrected chi connectivity index (χ3v) is 3.28. The highest BCUT2D eigenvalue weighted by molar-refractivity contribution is 5.24. The van der Waals surface area contributed by atoms with Gasteiger partial charge in [-0.15, -0.1) is 0 Å². The summed E-state index contributed by atoms with van der Waals surface area (Å²) in [5, 5.41) is 10.1. The molecule has 1 rings (SSSR count). The van der Waals surface area contributed by atoms with E-state index in [-0.39, 0.29) is 5.41 Å². The molecule has 1 N–H and O–H groups in total. The molecule has 1 atom stereocenters. The average molecular weight is 278 g/mol. The number of hydrogen-bond acceptors (Lipinski definition) is 2. The Hall–Kier alpha value is -0.860. The maximum absolute atomic E-state index is 10.1. The predicted octanol–water partition coefficient (Wildman–Crippen LogP) is 4.37. The van der Waals surface area contributed by atoms with E-state index >= 15 is 0 Å². The Morgan fingerprint density at radius 3 is 2.20 bits per heavy atom. The van der Waals surface area contributed by atoms with Crippen LogP contribution in [-0.4, -0.2) is 18.3 Å². The Labute approximate surface area is 124 Å². The first-order chi connectivity index (χ1) is 9.28. The van der Waals surface area contributed by atoms with Crippen molar-refractivity contribution in [2.75, 3.05) is 13.2 Å². The summed E-state index contributed by atoms with van der Waals surface area (Å²) in [7, 11) is 0. The van der Waals surface area contributed by atoms with Crippen LogP contribution in [-0.2, 0) is 11.2 Å². The second-order valence-electron chi connectivity index (χ2n) is 7.24. The summed E-state index contributed by atoms with van der Waals surface area (Å²) in [5.41, 5.74) is 2.54. The molecule has 0 aliphatic heterocycles. The van der Waals surface area contributed by atoms with Crippen LogP contribution in [0, 0.1) is 11.3 Å². The van der Waals surface area contributed by atoms with E-state index in [0.29, 0.717) is 19.1 Å². The second kappa shape index (κ2) is 7.80. The van der Waals surface area contributed by atoms with Crippen LogP contribution in [0.25, 0.3) is 0 Å². The van der Waals surface area contributed by atoms with Gasteiger partial charge >= 0.3 is 0 Å². The molecule has 2 heteroatoms.